The third-order valence-corrected chi connectivity index (χ3v) is 3.23. The van der Waals surface area contributed by atoms with Gasteiger partial charge in [0, 0.05) is 0 Å². The van der Waals surface area contributed by atoms with Crippen LogP contribution in [0.4, 0.5) is 0 Å². The van der Waals surface area contributed by atoms with Crippen LogP contribution in [0.5, 0.6) is 0 Å². The predicted molar refractivity (Wildman–Crippen MR) is 64.5 cm³/mol. The van der Waals surface area contributed by atoms with Crippen LogP contribution in [0.2, 0.25) is 0 Å². The van der Waals surface area contributed by atoms with Crippen LogP contribution in [0.25, 0.3) is 0 Å². The van der Waals surface area contributed by atoms with Crippen molar-refractivity contribution >= 4 is 0 Å². The molecule has 0 heterocycles. The molecule has 0 bridgehead atoms. The molecule has 2 nitrogen and oxygen atoms in total. The molecule has 0 saturated carbocycles. The van der Waals surface area contributed by atoms with Crippen molar-refractivity contribution in [3.05, 3.63) is 34.4 Å². The van der Waals surface area contributed by atoms with Crippen molar-refractivity contribution in [1.82, 2.24) is 0 Å². The van der Waals surface area contributed by atoms with Gasteiger partial charge in [-0.1, -0.05) is 26.0 Å². The second kappa shape index (κ2) is 5.89. The minimum absolute atomic E-state index is 0. The van der Waals surface area contributed by atoms with E-state index in [1.165, 1.54) is 32.1 Å². The van der Waals surface area contributed by atoms with Gasteiger partial charge in [-0.15, -0.1) is 0 Å². The lowest BCUT2D eigenvalue weighted by Gasteiger charge is -2.11. The zero-order valence-electron chi connectivity index (χ0n) is 9.69. The summed E-state index contributed by atoms with van der Waals surface area (Å²) < 4.78 is 0. The molecule has 0 aromatic heterocycles. The number of rotatable bonds is 2. The van der Waals surface area contributed by atoms with Gasteiger partial charge in [-0.25, -0.2) is 0 Å². The average molecular weight is 210 g/mol. The Hall–Kier alpha value is -0.860. The van der Waals surface area contributed by atoms with E-state index in [9.17, 15) is 0 Å². The van der Waals surface area contributed by atoms with Gasteiger partial charge in [0.05, 0.1) is 0 Å². The molecule has 0 unspecified atom stereocenters. The number of benzene rings is 1. The molecule has 2 heteroatoms. The molecule has 0 atom stereocenters. The Kier molecular flexibility index (Phi) is 5.55. The van der Waals surface area contributed by atoms with Crippen LogP contribution >= 0.6 is 0 Å². The van der Waals surface area contributed by atoms with Crippen LogP contribution in [0.15, 0.2) is 12.1 Å². The summed E-state index contributed by atoms with van der Waals surface area (Å²) in [6.45, 7) is 4.54. The van der Waals surface area contributed by atoms with Crippen molar-refractivity contribution in [2.24, 2.45) is 0 Å². The Morgan fingerprint density at radius 3 is 2.33 bits per heavy atom. The van der Waals surface area contributed by atoms with E-state index in [1.54, 1.807) is 22.3 Å². The lowest BCUT2D eigenvalue weighted by molar-refractivity contribution is 0.823. The van der Waals surface area contributed by atoms with Crippen molar-refractivity contribution in [2.75, 3.05) is 0 Å². The maximum atomic E-state index is 2.35. The second-order valence-corrected chi connectivity index (χ2v) is 3.90. The topological polar surface area (TPSA) is 63.0 Å². The number of fused-ring (bicyclic) bond motifs is 1. The standard InChI is InChI=1S/C13H18.2H2O/c1-3-10-8-9-11-6-5-7-13(11)12(10)4-2;;/h8-9H,3-7H2,1-2H3;2*1H2. The predicted octanol–water partition coefficient (Wildman–Crippen LogP) is 1.65. The highest BCUT2D eigenvalue weighted by Gasteiger charge is 2.15. The fourth-order valence-corrected chi connectivity index (χ4v) is 2.56. The largest absolute Gasteiger partial charge is 0.412 e. The maximum absolute atomic E-state index is 2.35. The number of aryl methyl sites for hydroxylation is 2. The number of hydrogen-bond donors (Lipinski definition) is 0. The minimum Gasteiger partial charge on any atom is -0.412 e. The molecule has 0 fully saturated rings. The molecule has 0 saturated heterocycles. The fourth-order valence-electron chi connectivity index (χ4n) is 2.56. The van der Waals surface area contributed by atoms with Crippen molar-refractivity contribution < 1.29 is 11.0 Å². The van der Waals surface area contributed by atoms with E-state index in [4.69, 9.17) is 0 Å². The molecule has 0 radical (unpaired) electrons. The zero-order chi connectivity index (χ0) is 9.26. The van der Waals surface area contributed by atoms with Crippen molar-refractivity contribution in [3.8, 4) is 0 Å². The molecule has 1 aromatic carbocycles. The summed E-state index contributed by atoms with van der Waals surface area (Å²) in [7, 11) is 0. The van der Waals surface area contributed by atoms with E-state index in [0.29, 0.717) is 0 Å². The Balaban J connectivity index is 0.000000980. The highest BCUT2D eigenvalue weighted by atomic mass is 16.0. The summed E-state index contributed by atoms with van der Waals surface area (Å²) in [5, 5.41) is 0. The first-order valence-corrected chi connectivity index (χ1v) is 5.49. The Labute approximate surface area is 91.9 Å². The van der Waals surface area contributed by atoms with Crippen LogP contribution in [-0.4, -0.2) is 11.0 Å². The van der Waals surface area contributed by atoms with E-state index in [-0.39, 0.29) is 11.0 Å². The zero-order valence-corrected chi connectivity index (χ0v) is 9.69. The van der Waals surface area contributed by atoms with E-state index in [1.807, 2.05) is 0 Å². The molecule has 2 rings (SSSR count). The normalized spacial score (nSPS) is 12.7. The smallest absolute Gasteiger partial charge is 0.0270 e. The summed E-state index contributed by atoms with van der Waals surface area (Å²) in [5.74, 6) is 0. The third-order valence-electron chi connectivity index (χ3n) is 3.23. The van der Waals surface area contributed by atoms with Gasteiger partial charge in [-0.2, -0.15) is 0 Å². The van der Waals surface area contributed by atoms with Gasteiger partial charge < -0.3 is 11.0 Å². The molecule has 1 aliphatic rings. The lowest BCUT2D eigenvalue weighted by atomic mass is 9.94. The Morgan fingerprint density at radius 1 is 1.00 bits per heavy atom. The van der Waals surface area contributed by atoms with Crippen LogP contribution < -0.4 is 0 Å². The van der Waals surface area contributed by atoms with Gasteiger partial charge in [0.25, 0.3) is 0 Å². The second-order valence-electron chi connectivity index (χ2n) is 3.90. The monoisotopic (exact) mass is 210 g/mol. The van der Waals surface area contributed by atoms with Crippen molar-refractivity contribution in [1.29, 1.82) is 0 Å². The molecule has 1 aromatic rings. The van der Waals surface area contributed by atoms with Gasteiger partial charge in [-0.05, 0) is 54.4 Å². The van der Waals surface area contributed by atoms with Crippen molar-refractivity contribution in [2.45, 2.75) is 46.0 Å². The quantitative estimate of drug-likeness (QED) is 0.712. The molecule has 86 valence electrons. The summed E-state index contributed by atoms with van der Waals surface area (Å²) >= 11 is 0. The summed E-state index contributed by atoms with van der Waals surface area (Å²) in [6, 6.07) is 4.68. The minimum atomic E-state index is 0. The summed E-state index contributed by atoms with van der Waals surface area (Å²) in [5.41, 5.74) is 6.52. The van der Waals surface area contributed by atoms with Gasteiger partial charge in [-0.3, -0.25) is 0 Å². The first kappa shape index (κ1) is 14.1. The maximum Gasteiger partial charge on any atom is -0.0270 e. The van der Waals surface area contributed by atoms with E-state index >= 15 is 0 Å². The molecule has 15 heavy (non-hydrogen) atoms. The van der Waals surface area contributed by atoms with Gasteiger partial charge in [0.1, 0.15) is 0 Å². The highest BCUT2D eigenvalue weighted by Crippen LogP contribution is 2.28. The molecule has 0 amide bonds. The van der Waals surface area contributed by atoms with E-state index < -0.39 is 0 Å². The van der Waals surface area contributed by atoms with Crippen LogP contribution in [0, 0.1) is 0 Å². The SMILES string of the molecule is CCc1ccc2c(c1CC)CCC2.O.O. The molecule has 0 spiro atoms. The van der Waals surface area contributed by atoms with Gasteiger partial charge >= 0.3 is 0 Å². The van der Waals surface area contributed by atoms with Crippen LogP contribution in [0.1, 0.15) is 42.5 Å². The lowest BCUT2D eigenvalue weighted by Crippen LogP contribution is -1.97. The first-order valence-electron chi connectivity index (χ1n) is 5.49. The average Bonchev–Trinajstić information content (AvgIpc) is 2.63. The first-order chi connectivity index (χ1) is 6.36. The van der Waals surface area contributed by atoms with Crippen molar-refractivity contribution in [3.63, 3.8) is 0 Å². The molecule has 1 aliphatic carbocycles. The highest BCUT2D eigenvalue weighted by molar-refractivity contribution is 5.43. The molecular formula is C13H22O2. The third kappa shape index (κ3) is 2.39. The molecular weight excluding hydrogens is 188 g/mol. The Bertz CT molecular complexity index is 319. The molecule has 4 N–H and O–H groups in total. The fraction of sp³-hybridized carbons (Fsp3) is 0.538. The van der Waals surface area contributed by atoms with Gasteiger partial charge in [0.15, 0.2) is 0 Å². The van der Waals surface area contributed by atoms with E-state index in [2.05, 4.69) is 26.0 Å². The Morgan fingerprint density at radius 2 is 1.73 bits per heavy atom. The van der Waals surface area contributed by atoms with Crippen LogP contribution in [0.3, 0.4) is 0 Å². The van der Waals surface area contributed by atoms with E-state index in [0.717, 1.165) is 0 Å². The van der Waals surface area contributed by atoms with Gasteiger partial charge in [0.2, 0.25) is 0 Å². The number of hydrogen-bond acceptors (Lipinski definition) is 0. The molecule has 0 aliphatic heterocycles. The summed E-state index contributed by atoms with van der Waals surface area (Å²) in [6.07, 6.45) is 6.41. The summed E-state index contributed by atoms with van der Waals surface area (Å²) in [4.78, 5) is 0. The van der Waals surface area contributed by atoms with Crippen LogP contribution in [-0.2, 0) is 25.7 Å².